The highest BCUT2D eigenvalue weighted by Gasteiger charge is 2.28. The maximum Gasteiger partial charge on any atom is -0.0242 e. The smallest absolute Gasteiger partial charge is 0.0242 e. The van der Waals surface area contributed by atoms with Crippen LogP contribution in [-0.4, -0.2) is 0 Å². The van der Waals surface area contributed by atoms with Crippen molar-refractivity contribution in [3.8, 4) is 0 Å². The Bertz CT molecular complexity index is 329. The van der Waals surface area contributed by atoms with Gasteiger partial charge in [-0.1, -0.05) is 36.4 Å². The van der Waals surface area contributed by atoms with Crippen molar-refractivity contribution >= 4 is 0 Å². The number of allylic oxidation sites excluding steroid dienone is 2. The average molecular weight is 184 g/mol. The van der Waals surface area contributed by atoms with Gasteiger partial charge in [-0.15, -0.1) is 0 Å². The van der Waals surface area contributed by atoms with Crippen LogP contribution in [0.25, 0.3) is 0 Å². The van der Waals surface area contributed by atoms with E-state index in [4.69, 9.17) is 0 Å². The van der Waals surface area contributed by atoms with Crippen molar-refractivity contribution in [3.63, 3.8) is 0 Å². The van der Waals surface area contributed by atoms with Crippen molar-refractivity contribution in [3.05, 3.63) is 47.5 Å². The summed E-state index contributed by atoms with van der Waals surface area (Å²) in [5.41, 5.74) is 3.20. The van der Waals surface area contributed by atoms with Crippen LogP contribution in [0.4, 0.5) is 0 Å². The van der Waals surface area contributed by atoms with Crippen molar-refractivity contribution in [2.24, 2.45) is 11.8 Å². The maximum atomic E-state index is 2.35. The Balaban J connectivity index is 1.78. The van der Waals surface area contributed by atoms with E-state index in [1.165, 1.54) is 25.7 Å². The summed E-state index contributed by atoms with van der Waals surface area (Å²) in [4.78, 5) is 0. The number of rotatable bonds is 1. The predicted octanol–water partition coefficient (Wildman–Crippen LogP) is 3.37. The molecule has 3 rings (SSSR count). The van der Waals surface area contributed by atoms with Crippen molar-refractivity contribution in [1.29, 1.82) is 0 Å². The van der Waals surface area contributed by atoms with Gasteiger partial charge in [-0.2, -0.15) is 0 Å². The molecule has 0 unspecified atom stereocenters. The van der Waals surface area contributed by atoms with E-state index in [-0.39, 0.29) is 0 Å². The molecule has 0 nitrogen and oxygen atoms in total. The van der Waals surface area contributed by atoms with Crippen LogP contribution in [0.15, 0.2) is 36.4 Å². The summed E-state index contributed by atoms with van der Waals surface area (Å²) in [6.45, 7) is 0. The number of fused-ring (bicyclic) bond motifs is 1. The standard InChI is InChI=1S/C14H16/c1-2-6-11(5-1)14-9-12-7-3-4-8-13(12)10-14/h1-4,7-8,11,14H,5-6,9-10H2. The molecule has 0 heterocycles. The van der Waals surface area contributed by atoms with Gasteiger partial charge in [0, 0.05) is 0 Å². The SMILES string of the molecule is C1=CCC(C2Cc3ccccc3C2)C1. The van der Waals surface area contributed by atoms with Crippen LogP contribution < -0.4 is 0 Å². The molecule has 0 heteroatoms. The quantitative estimate of drug-likeness (QED) is 0.587. The Morgan fingerprint density at radius 2 is 1.36 bits per heavy atom. The Labute approximate surface area is 85.6 Å². The molecule has 0 saturated heterocycles. The fourth-order valence-corrected chi connectivity index (χ4v) is 2.95. The first-order valence-electron chi connectivity index (χ1n) is 5.65. The summed E-state index contributed by atoms with van der Waals surface area (Å²) in [6.07, 6.45) is 9.99. The maximum absolute atomic E-state index is 2.35. The second-order valence-electron chi connectivity index (χ2n) is 4.64. The van der Waals surface area contributed by atoms with Gasteiger partial charge in [-0.25, -0.2) is 0 Å². The molecule has 0 amide bonds. The van der Waals surface area contributed by atoms with Gasteiger partial charge in [0.05, 0.1) is 0 Å². The molecule has 0 spiro atoms. The van der Waals surface area contributed by atoms with E-state index >= 15 is 0 Å². The van der Waals surface area contributed by atoms with Crippen LogP contribution in [0.1, 0.15) is 24.0 Å². The van der Waals surface area contributed by atoms with Gasteiger partial charge in [0.1, 0.15) is 0 Å². The van der Waals surface area contributed by atoms with Crippen molar-refractivity contribution in [1.82, 2.24) is 0 Å². The Kier molecular flexibility index (Phi) is 1.93. The second-order valence-corrected chi connectivity index (χ2v) is 4.64. The molecule has 0 aromatic heterocycles. The minimum atomic E-state index is 0.919. The first-order chi connectivity index (χ1) is 6.93. The van der Waals surface area contributed by atoms with E-state index in [1.807, 2.05) is 0 Å². The molecule has 1 aromatic rings. The molecule has 72 valence electrons. The lowest BCUT2D eigenvalue weighted by atomic mass is 9.88. The monoisotopic (exact) mass is 184 g/mol. The van der Waals surface area contributed by atoms with Gasteiger partial charge in [0.15, 0.2) is 0 Å². The molecule has 2 aliphatic carbocycles. The van der Waals surface area contributed by atoms with Crippen molar-refractivity contribution in [2.75, 3.05) is 0 Å². The molecular weight excluding hydrogens is 168 g/mol. The summed E-state index contributed by atoms with van der Waals surface area (Å²) < 4.78 is 0. The van der Waals surface area contributed by atoms with Gasteiger partial charge < -0.3 is 0 Å². The number of benzene rings is 1. The van der Waals surface area contributed by atoms with E-state index in [9.17, 15) is 0 Å². The fraction of sp³-hybridized carbons (Fsp3) is 0.429. The average Bonchev–Trinajstić information content (AvgIpc) is 2.86. The Morgan fingerprint density at radius 1 is 0.786 bits per heavy atom. The third-order valence-corrected chi connectivity index (χ3v) is 3.79. The summed E-state index contributed by atoms with van der Waals surface area (Å²) in [5.74, 6) is 1.85. The highest BCUT2D eigenvalue weighted by atomic mass is 14.3. The summed E-state index contributed by atoms with van der Waals surface area (Å²) >= 11 is 0. The van der Waals surface area contributed by atoms with E-state index in [1.54, 1.807) is 11.1 Å². The molecule has 2 aliphatic rings. The lowest BCUT2D eigenvalue weighted by molar-refractivity contribution is 0.364. The predicted molar refractivity (Wildman–Crippen MR) is 59.2 cm³/mol. The third kappa shape index (κ3) is 1.30. The van der Waals surface area contributed by atoms with Crippen LogP contribution in [0, 0.1) is 11.8 Å². The summed E-state index contributed by atoms with van der Waals surface area (Å²) in [6, 6.07) is 8.96. The largest absolute Gasteiger partial charge is 0.0882 e. The molecule has 0 radical (unpaired) electrons. The highest BCUT2D eigenvalue weighted by molar-refractivity contribution is 5.32. The van der Waals surface area contributed by atoms with Gasteiger partial charge in [0.25, 0.3) is 0 Å². The van der Waals surface area contributed by atoms with Crippen LogP contribution >= 0.6 is 0 Å². The molecule has 1 aromatic carbocycles. The first kappa shape index (κ1) is 8.28. The Hall–Kier alpha value is -1.04. The number of hydrogen-bond donors (Lipinski definition) is 0. The minimum absolute atomic E-state index is 0.919. The zero-order valence-corrected chi connectivity index (χ0v) is 8.45. The van der Waals surface area contributed by atoms with Crippen LogP contribution in [0.2, 0.25) is 0 Å². The third-order valence-electron chi connectivity index (χ3n) is 3.79. The second kappa shape index (κ2) is 3.27. The van der Waals surface area contributed by atoms with Gasteiger partial charge in [-0.3, -0.25) is 0 Å². The van der Waals surface area contributed by atoms with Crippen LogP contribution in [0.5, 0.6) is 0 Å². The van der Waals surface area contributed by atoms with E-state index in [0.29, 0.717) is 0 Å². The van der Waals surface area contributed by atoms with E-state index in [0.717, 1.165) is 11.8 Å². The molecule has 0 fully saturated rings. The fourth-order valence-electron chi connectivity index (χ4n) is 2.95. The van der Waals surface area contributed by atoms with E-state index in [2.05, 4.69) is 36.4 Å². The zero-order valence-electron chi connectivity index (χ0n) is 8.45. The molecule has 0 saturated carbocycles. The van der Waals surface area contributed by atoms with Crippen molar-refractivity contribution in [2.45, 2.75) is 25.7 Å². The molecule has 0 aliphatic heterocycles. The molecular formula is C14H16. The molecule has 14 heavy (non-hydrogen) atoms. The van der Waals surface area contributed by atoms with Crippen LogP contribution in [0.3, 0.4) is 0 Å². The lowest BCUT2D eigenvalue weighted by Gasteiger charge is -2.16. The molecule has 0 N–H and O–H groups in total. The minimum Gasteiger partial charge on any atom is -0.0882 e. The van der Waals surface area contributed by atoms with Gasteiger partial charge in [0.2, 0.25) is 0 Å². The molecule has 0 bridgehead atoms. The molecule has 0 atom stereocenters. The number of hydrogen-bond acceptors (Lipinski definition) is 0. The van der Waals surface area contributed by atoms with Crippen molar-refractivity contribution < 1.29 is 0 Å². The lowest BCUT2D eigenvalue weighted by Crippen LogP contribution is -2.11. The topological polar surface area (TPSA) is 0 Å². The van der Waals surface area contributed by atoms with Gasteiger partial charge >= 0.3 is 0 Å². The normalized spacial score (nSPS) is 21.7. The van der Waals surface area contributed by atoms with Gasteiger partial charge in [-0.05, 0) is 48.6 Å². The Morgan fingerprint density at radius 3 is 1.93 bits per heavy atom. The first-order valence-corrected chi connectivity index (χ1v) is 5.65. The highest BCUT2D eigenvalue weighted by Crippen LogP contribution is 2.36. The summed E-state index contributed by atoms with van der Waals surface area (Å²) in [5, 5.41) is 0. The zero-order chi connectivity index (χ0) is 9.38. The van der Waals surface area contributed by atoms with Crippen LogP contribution in [-0.2, 0) is 12.8 Å². The summed E-state index contributed by atoms with van der Waals surface area (Å²) in [7, 11) is 0. The van der Waals surface area contributed by atoms with E-state index < -0.39 is 0 Å².